The van der Waals surface area contributed by atoms with Crippen LogP contribution in [0.5, 0.6) is 0 Å². The fourth-order valence-electron chi connectivity index (χ4n) is 3.34. The maximum atomic E-state index is 12.8. The molecule has 0 spiro atoms. The Bertz CT molecular complexity index is 1370. The average Bonchev–Trinajstić information content (AvgIpc) is 2.87. The monoisotopic (exact) mass is 546 g/mol. The molecule has 8 nitrogen and oxygen atoms in total. The summed E-state index contributed by atoms with van der Waals surface area (Å²) in [5.41, 5.74) is 2.72. The number of rotatable bonds is 13. The van der Waals surface area contributed by atoms with Crippen LogP contribution in [-0.4, -0.2) is 42.1 Å². The second kappa shape index (κ2) is 13.0. The second-order valence-electron chi connectivity index (χ2n) is 8.49. The number of hydrogen-bond donors (Lipinski definition) is 0. The van der Waals surface area contributed by atoms with Crippen LogP contribution >= 0.6 is 0 Å². The van der Waals surface area contributed by atoms with Crippen LogP contribution in [0.2, 0.25) is 0 Å². The fourth-order valence-corrected chi connectivity index (χ4v) is 5.34. The van der Waals surface area contributed by atoms with Crippen LogP contribution in [0.3, 0.4) is 0 Å². The number of carbonyl (C=O) groups is 1. The molecule has 3 rings (SSSR count). The van der Waals surface area contributed by atoms with Gasteiger partial charge >= 0.3 is 5.97 Å². The first kappa shape index (κ1) is 28.5. The molecule has 0 saturated carbocycles. The van der Waals surface area contributed by atoms with Crippen molar-refractivity contribution in [2.45, 2.75) is 49.0 Å². The highest BCUT2D eigenvalue weighted by Gasteiger charge is 2.29. The molecule has 3 aromatic carbocycles. The smallest absolute Gasteiger partial charge is 0.336 e. The standard InChI is InChI=1S/C27H30O8S2/c1-21-10-14-24(15-11-21)36(29,30)34-19-6-9-26(27(28)33-20-18-23-7-4-3-5-8-23)35-37(31,32)25-16-12-22(2)13-17-25/h3-5,7-8,10-17,26H,6,9,18-20H2,1-2H3. The van der Waals surface area contributed by atoms with Crippen LogP contribution in [0.4, 0.5) is 0 Å². The maximum Gasteiger partial charge on any atom is 0.336 e. The number of carbonyl (C=O) groups excluding carboxylic acids is 1. The molecule has 0 N–H and O–H groups in total. The van der Waals surface area contributed by atoms with Crippen molar-refractivity contribution in [1.82, 2.24) is 0 Å². The molecule has 37 heavy (non-hydrogen) atoms. The summed E-state index contributed by atoms with van der Waals surface area (Å²) in [6, 6.07) is 21.6. The van der Waals surface area contributed by atoms with Crippen molar-refractivity contribution in [3.05, 3.63) is 95.6 Å². The Labute approximate surface area is 218 Å². The topological polar surface area (TPSA) is 113 Å². The average molecular weight is 547 g/mol. The second-order valence-corrected chi connectivity index (χ2v) is 11.7. The zero-order valence-electron chi connectivity index (χ0n) is 20.7. The van der Waals surface area contributed by atoms with Crippen LogP contribution in [0, 0.1) is 13.8 Å². The lowest BCUT2D eigenvalue weighted by Crippen LogP contribution is -2.30. The van der Waals surface area contributed by atoms with E-state index in [0.717, 1.165) is 16.7 Å². The van der Waals surface area contributed by atoms with Gasteiger partial charge in [-0.2, -0.15) is 16.8 Å². The van der Waals surface area contributed by atoms with Gasteiger partial charge < -0.3 is 4.74 Å². The van der Waals surface area contributed by atoms with E-state index >= 15 is 0 Å². The Balaban J connectivity index is 1.63. The Morgan fingerprint density at radius 2 is 1.27 bits per heavy atom. The lowest BCUT2D eigenvalue weighted by atomic mass is 10.2. The third-order valence-corrected chi connectivity index (χ3v) is 8.11. The summed E-state index contributed by atoms with van der Waals surface area (Å²) < 4.78 is 66.0. The van der Waals surface area contributed by atoms with Gasteiger partial charge in [-0.15, -0.1) is 0 Å². The number of esters is 1. The summed E-state index contributed by atoms with van der Waals surface area (Å²) in [7, 11) is -8.27. The van der Waals surface area contributed by atoms with E-state index in [2.05, 4.69) is 0 Å². The Morgan fingerprint density at radius 1 is 0.730 bits per heavy atom. The lowest BCUT2D eigenvalue weighted by Gasteiger charge is -2.17. The van der Waals surface area contributed by atoms with E-state index in [9.17, 15) is 21.6 Å². The van der Waals surface area contributed by atoms with Gasteiger partial charge in [0.05, 0.1) is 23.0 Å². The molecule has 1 unspecified atom stereocenters. The quantitative estimate of drug-likeness (QED) is 0.177. The predicted octanol–water partition coefficient (Wildman–Crippen LogP) is 4.35. The van der Waals surface area contributed by atoms with Gasteiger partial charge in [0.1, 0.15) is 0 Å². The number of hydrogen-bond acceptors (Lipinski definition) is 8. The van der Waals surface area contributed by atoms with Gasteiger partial charge in [-0.25, -0.2) is 4.79 Å². The molecule has 0 saturated heterocycles. The summed E-state index contributed by atoms with van der Waals surface area (Å²) in [6.07, 6.45) is -1.11. The summed E-state index contributed by atoms with van der Waals surface area (Å²) in [6.45, 7) is 3.42. The molecule has 0 amide bonds. The van der Waals surface area contributed by atoms with E-state index in [0.29, 0.717) is 6.42 Å². The molecule has 10 heteroatoms. The van der Waals surface area contributed by atoms with Gasteiger partial charge in [0.2, 0.25) is 0 Å². The highest BCUT2D eigenvalue weighted by molar-refractivity contribution is 7.87. The molecule has 0 fully saturated rings. The van der Waals surface area contributed by atoms with Gasteiger partial charge in [0.15, 0.2) is 6.10 Å². The van der Waals surface area contributed by atoms with Gasteiger partial charge in [-0.3, -0.25) is 8.37 Å². The number of benzene rings is 3. The molecular weight excluding hydrogens is 516 g/mol. The van der Waals surface area contributed by atoms with E-state index in [4.69, 9.17) is 13.1 Å². The molecular formula is C27H30O8S2. The molecule has 1 atom stereocenters. The zero-order chi connectivity index (χ0) is 26.9. The normalized spacial score (nSPS) is 12.7. The maximum absolute atomic E-state index is 12.8. The summed E-state index contributed by atoms with van der Waals surface area (Å²) in [5.74, 6) is -0.854. The summed E-state index contributed by atoms with van der Waals surface area (Å²) in [5, 5.41) is 0. The van der Waals surface area contributed by atoms with Gasteiger partial charge in [-0.1, -0.05) is 65.7 Å². The minimum Gasteiger partial charge on any atom is -0.463 e. The van der Waals surface area contributed by atoms with Crippen molar-refractivity contribution >= 4 is 26.2 Å². The van der Waals surface area contributed by atoms with E-state index in [1.165, 1.54) is 24.3 Å². The van der Waals surface area contributed by atoms with Crippen molar-refractivity contribution < 1.29 is 34.7 Å². The van der Waals surface area contributed by atoms with Gasteiger partial charge in [0, 0.05) is 6.42 Å². The SMILES string of the molecule is Cc1ccc(S(=O)(=O)OCCCC(OS(=O)(=O)c2ccc(C)cc2)C(=O)OCCc2ccccc2)cc1. The molecule has 0 radical (unpaired) electrons. The van der Waals surface area contributed by atoms with Gasteiger partial charge in [-0.05, 0) is 56.5 Å². The van der Waals surface area contributed by atoms with Crippen LogP contribution in [-0.2, 0) is 44.6 Å². The van der Waals surface area contributed by atoms with E-state index in [-0.39, 0.29) is 35.8 Å². The molecule has 0 aliphatic rings. The van der Waals surface area contributed by atoms with E-state index in [1.807, 2.05) is 44.2 Å². The van der Waals surface area contributed by atoms with Crippen molar-refractivity contribution in [3.63, 3.8) is 0 Å². The Kier molecular flexibility index (Phi) is 9.99. The molecule has 0 aliphatic carbocycles. The van der Waals surface area contributed by atoms with Crippen LogP contribution < -0.4 is 0 Å². The summed E-state index contributed by atoms with van der Waals surface area (Å²) >= 11 is 0. The number of ether oxygens (including phenoxy) is 1. The van der Waals surface area contributed by atoms with Crippen LogP contribution in [0.1, 0.15) is 29.5 Å². The number of aryl methyl sites for hydroxylation is 2. The Morgan fingerprint density at radius 3 is 1.84 bits per heavy atom. The van der Waals surface area contributed by atoms with Crippen LogP contribution in [0.15, 0.2) is 88.7 Å². The largest absolute Gasteiger partial charge is 0.463 e. The van der Waals surface area contributed by atoms with Crippen molar-refractivity contribution in [2.75, 3.05) is 13.2 Å². The third-order valence-electron chi connectivity index (χ3n) is 5.45. The third kappa shape index (κ3) is 8.78. The predicted molar refractivity (Wildman–Crippen MR) is 138 cm³/mol. The van der Waals surface area contributed by atoms with E-state index in [1.54, 1.807) is 24.3 Å². The van der Waals surface area contributed by atoms with E-state index < -0.39 is 32.3 Å². The first-order valence-electron chi connectivity index (χ1n) is 11.7. The molecule has 0 aliphatic heterocycles. The fraction of sp³-hybridized carbons (Fsp3) is 0.296. The molecule has 3 aromatic rings. The van der Waals surface area contributed by atoms with Crippen molar-refractivity contribution in [3.8, 4) is 0 Å². The molecule has 0 bridgehead atoms. The van der Waals surface area contributed by atoms with Crippen molar-refractivity contribution in [2.24, 2.45) is 0 Å². The van der Waals surface area contributed by atoms with Crippen molar-refractivity contribution in [1.29, 1.82) is 0 Å². The summed E-state index contributed by atoms with van der Waals surface area (Å²) in [4.78, 5) is 12.7. The molecule has 0 aromatic heterocycles. The highest BCUT2D eigenvalue weighted by Crippen LogP contribution is 2.19. The first-order chi connectivity index (χ1) is 17.6. The highest BCUT2D eigenvalue weighted by atomic mass is 32.2. The first-order valence-corrected chi connectivity index (χ1v) is 14.5. The Hall–Kier alpha value is -3.05. The zero-order valence-corrected chi connectivity index (χ0v) is 22.3. The minimum atomic E-state index is -4.27. The van der Waals surface area contributed by atoms with Gasteiger partial charge in [0.25, 0.3) is 20.2 Å². The molecule has 198 valence electrons. The lowest BCUT2D eigenvalue weighted by molar-refractivity contribution is -0.152. The molecule has 0 heterocycles. The minimum absolute atomic E-state index is 0.00757. The van der Waals surface area contributed by atoms with Crippen LogP contribution in [0.25, 0.3) is 0 Å².